The number of nitrogens with one attached hydrogen (secondary N) is 2. The van der Waals surface area contributed by atoms with Gasteiger partial charge in [0.15, 0.2) is 0 Å². The van der Waals surface area contributed by atoms with E-state index in [-0.39, 0.29) is 10.6 Å². The maximum atomic E-state index is 13.0. The number of anilines is 2. The molecule has 0 aliphatic carbocycles. The van der Waals surface area contributed by atoms with Gasteiger partial charge in [-0.05, 0) is 60.7 Å². The number of carbonyl (C=O) groups excluding carboxylic acids is 2. The van der Waals surface area contributed by atoms with E-state index in [9.17, 15) is 14.0 Å². The van der Waals surface area contributed by atoms with Crippen molar-refractivity contribution in [2.45, 2.75) is 0 Å². The highest BCUT2D eigenvalue weighted by atomic mass is 35.5. The molecule has 0 bridgehead atoms. The third-order valence-corrected chi connectivity index (χ3v) is 4.22. The molecule has 0 spiro atoms. The highest BCUT2D eigenvalue weighted by Crippen LogP contribution is 2.23. The Balaban J connectivity index is 1.73. The molecule has 0 saturated heterocycles. The maximum Gasteiger partial charge on any atom is 0.257 e. The molecule has 3 aromatic rings. The van der Waals surface area contributed by atoms with Gasteiger partial charge in [0.1, 0.15) is 5.82 Å². The van der Waals surface area contributed by atoms with Gasteiger partial charge in [-0.25, -0.2) is 4.39 Å². The molecule has 3 rings (SSSR count). The second-order valence-electron chi connectivity index (χ2n) is 5.62. The molecule has 0 unspecified atom stereocenters. The van der Waals surface area contributed by atoms with Crippen molar-refractivity contribution in [1.82, 2.24) is 0 Å². The summed E-state index contributed by atoms with van der Waals surface area (Å²) < 4.78 is 13.0. The largest absolute Gasteiger partial charge is 0.322 e. The second kappa shape index (κ2) is 8.20. The minimum absolute atomic E-state index is 0.241. The van der Waals surface area contributed by atoms with Crippen LogP contribution in [0.5, 0.6) is 0 Å². The fourth-order valence-electron chi connectivity index (χ4n) is 2.35. The van der Waals surface area contributed by atoms with Gasteiger partial charge in [-0.2, -0.15) is 0 Å². The van der Waals surface area contributed by atoms with Crippen molar-refractivity contribution in [2.75, 3.05) is 10.6 Å². The highest BCUT2D eigenvalue weighted by molar-refractivity contribution is 6.36. The van der Waals surface area contributed by atoms with Gasteiger partial charge >= 0.3 is 0 Å². The Bertz CT molecular complexity index is 1010. The molecule has 136 valence electrons. The molecule has 2 N–H and O–H groups in total. The quantitative estimate of drug-likeness (QED) is 0.593. The first-order chi connectivity index (χ1) is 12.9. The molecule has 27 heavy (non-hydrogen) atoms. The first-order valence-electron chi connectivity index (χ1n) is 7.86. The summed E-state index contributed by atoms with van der Waals surface area (Å²) in [5.41, 5.74) is 1.49. The van der Waals surface area contributed by atoms with Gasteiger partial charge in [-0.3, -0.25) is 9.59 Å². The number of halogens is 3. The molecular weight excluding hydrogens is 390 g/mol. The fraction of sp³-hybridized carbons (Fsp3) is 0. The van der Waals surface area contributed by atoms with Gasteiger partial charge in [0, 0.05) is 22.0 Å². The van der Waals surface area contributed by atoms with Crippen LogP contribution in [-0.4, -0.2) is 11.8 Å². The van der Waals surface area contributed by atoms with Crippen LogP contribution in [0.1, 0.15) is 20.7 Å². The zero-order chi connectivity index (χ0) is 19.4. The van der Waals surface area contributed by atoms with Crippen LogP contribution in [0.25, 0.3) is 0 Å². The number of carbonyl (C=O) groups is 2. The van der Waals surface area contributed by atoms with Crippen LogP contribution < -0.4 is 10.6 Å². The van der Waals surface area contributed by atoms with Gasteiger partial charge in [-0.1, -0.05) is 29.3 Å². The molecule has 0 fully saturated rings. The fourth-order valence-corrected chi connectivity index (χ4v) is 2.72. The monoisotopic (exact) mass is 402 g/mol. The molecular formula is C20H13Cl2FN2O2. The first-order valence-corrected chi connectivity index (χ1v) is 8.61. The van der Waals surface area contributed by atoms with Crippen LogP contribution in [0.15, 0.2) is 66.7 Å². The molecule has 4 nitrogen and oxygen atoms in total. The third kappa shape index (κ3) is 4.84. The molecule has 0 aromatic heterocycles. The number of hydrogen-bond donors (Lipinski definition) is 2. The summed E-state index contributed by atoms with van der Waals surface area (Å²) in [5, 5.41) is 6.06. The van der Waals surface area contributed by atoms with E-state index in [1.165, 1.54) is 36.4 Å². The van der Waals surface area contributed by atoms with Gasteiger partial charge in [0.25, 0.3) is 11.8 Å². The summed E-state index contributed by atoms with van der Waals surface area (Å²) >= 11 is 11.9. The SMILES string of the molecule is O=C(Nc1cccc(NC(=O)c2cc(Cl)ccc2Cl)c1)c1ccc(F)cc1. The topological polar surface area (TPSA) is 58.2 Å². The van der Waals surface area contributed by atoms with Gasteiger partial charge in [0.05, 0.1) is 10.6 Å². The van der Waals surface area contributed by atoms with E-state index in [0.717, 1.165) is 0 Å². The lowest BCUT2D eigenvalue weighted by atomic mass is 10.2. The van der Waals surface area contributed by atoms with Crippen molar-refractivity contribution in [2.24, 2.45) is 0 Å². The molecule has 0 heterocycles. The Hall–Kier alpha value is -2.89. The lowest BCUT2D eigenvalue weighted by Crippen LogP contribution is -2.14. The normalized spacial score (nSPS) is 10.3. The molecule has 2 amide bonds. The number of benzene rings is 3. The van der Waals surface area contributed by atoms with E-state index < -0.39 is 17.6 Å². The lowest BCUT2D eigenvalue weighted by Gasteiger charge is -2.10. The molecule has 0 aliphatic rings. The van der Waals surface area contributed by atoms with Crippen molar-refractivity contribution in [1.29, 1.82) is 0 Å². The Morgan fingerprint density at radius 2 is 1.41 bits per heavy atom. The van der Waals surface area contributed by atoms with Crippen LogP contribution in [0.4, 0.5) is 15.8 Å². The average molecular weight is 403 g/mol. The van der Waals surface area contributed by atoms with E-state index in [1.807, 2.05) is 0 Å². The second-order valence-corrected chi connectivity index (χ2v) is 6.46. The zero-order valence-corrected chi connectivity index (χ0v) is 15.3. The van der Waals surface area contributed by atoms with E-state index in [2.05, 4.69) is 10.6 Å². The predicted molar refractivity (Wildman–Crippen MR) is 105 cm³/mol. The molecule has 3 aromatic carbocycles. The zero-order valence-electron chi connectivity index (χ0n) is 13.8. The van der Waals surface area contributed by atoms with E-state index in [0.29, 0.717) is 22.0 Å². The first kappa shape index (κ1) is 18.9. The van der Waals surface area contributed by atoms with Crippen molar-refractivity contribution in [3.8, 4) is 0 Å². The Morgan fingerprint density at radius 1 is 0.778 bits per heavy atom. The summed E-state index contributed by atoms with van der Waals surface area (Å²) in [7, 11) is 0. The average Bonchev–Trinajstić information content (AvgIpc) is 2.64. The molecule has 7 heteroatoms. The summed E-state index contributed by atoms with van der Waals surface area (Å²) in [5.74, 6) is -1.24. The van der Waals surface area contributed by atoms with Crippen molar-refractivity contribution >= 4 is 46.4 Å². The van der Waals surface area contributed by atoms with E-state index in [4.69, 9.17) is 23.2 Å². The van der Waals surface area contributed by atoms with Gasteiger partial charge in [-0.15, -0.1) is 0 Å². The minimum atomic E-state index is -0.426. The Kier molecular flexibility index (Phi) is 5.74. The van der Waals surface area contributed by atoms with E-state index >= 15 is 0 Å². The standard InChI is InChI=1S/C20H13Cl2FN2O2/c21-13-6-9-18(22)17(10-13)20(27)25-16-3-1-2-15(11-16)24-19(26)12-4-7-14(23)8-5-12/h1-11H,(H,24,26)(H,25,27). The van der Waals surface area contributed by atoms with Crippen LogP contribution in [0, 0.1) is 5.82 Å². The van der Waals surface area contributed by atoms with Crippen LogP contribution in [-0.2, 0) is 0 Å². The number of hydrogen-bond acceptors (Lipinski definition) is 2. The highest BCUT2D eigenvalue weighted by Gasteiger charge is 2.12. The predicted octanol–water partition coefficient (Wildman–Crippen LogP) is 5.64. The van der Waals surface area contributed by atoms with Crippen LogP contribution in [0.3, 0.4) is 0 Å². The smallest absolute Gasteiger partial charge is 0.257 e. The Morgan fingerprint density at radius 3 is 2.07 bits per heavy atom. The van der Waals surface area contributed by atoms with Crippen molar-refractivity contribution in [3.63, 3.8) is 0 Å². The molecule has 0 atom stereocenters. The van der Waals surface area contributed by atoms with Gasteiger partial charge < -0.3 is 10.6 Å². The van der Waals surface area contributed by atoms with E-state index in [1.54, 1.807) is 30.3 Å². The molecule has 0 saturated carbocycles. The van der Waals surface area contributed by atoms with Gasteiger partial charge in [0.2, 0.25) is 0 Å². The van der Waals surface area contributed by atoms with Crippen molar-refractivity contribution in [3.05, 3.63) is 93.7 Å². The third-order valence-electron chi connectivity index (χ3n) is 3.66. The summed E-state index contributed by atoms with van der Waals surface area (Å²) in [6, 6.07) is 16.4. The Labute approximate surface area is 164 Å². The summed E-state index contributed by atoms with van der Waals surface area (Å²) in [6.45, 7) is 0. The molecule has 0 aliphatic heterocycles. The summed E-state index contributed by atoms with van der Waals surface area (Å²) in [4.78, 5) is 24.6. The van der Waals surface area contributed by atoms with Crippen LogP contribution >= 0.6 is 23.2 Å². The minimum Gasteiger partial charge on any atom is -0.322 e. The summed E-state index contributed by atoms with van der Waals surface area (Å²) in [6.07, 6.45) is 0. The molecule has 0 radical (unpaired) electrons. The van der Waals surface area contributed by atoms with Crippen LogP contribution in [0.2, 0.25) is 10.0 Å². The number of amides is 2. The lowest BCUT2D eigenvalue weighted by molar-refractivity contribution is 0.101. The number of rotatable bonds is 4. The maximum absolute atomic E-state index is 13.0. The van der Waals surface area contributed by atoms with Crippen molar-refractivity contribution < 1.29 is 14.0 Å².